The van der Waals surface area contributed by atoms with Gasteiger partial charge in [-0.25, -0.2) is 0 Å². The van der Waals surface area contributed by atoms with Crippen LogP contribution in [0.25, 0.3) is 0 Å². The molecule has 1 heterocycles. The van der Waals surface area contributed by atoms with E-state index in [0.29, 0.717) is 0 Å². The van der Waals surface area contributed by atoms with E-state index in [1.807, 2.05) is 6.07 Å². The van der Waals surface area contributed by atoms with E-state index in [2.05, 4.69) is 29.2 Å². The van der Waals surface area contributed by atoms with Crippen LogP contribution in [-0.4, -0.2) is 29.3 Å². The molecule has 1 unspecified atom stereocenters. The van der Waals surface area contributed by atoms with Crippen LogP contribution in [0.3, 0.4) is 0 Å². The molecule has 1 fully saturated rings. The molecule has 1 saturated heterocycles. The highest BCUT2D eigenvalue weighted by Crippen LogP contribution is 2.14. The zero-order chi connectivity index (χ0) is 11.2. The van der Waals surface area contributed by atoms with Crippen LogP contribution in [0.5, 0.6) is 0 Å². The van der Waals surface area contributed by atoms with Gasteiger partial charge >= 0.3 is 0 Å². The van der Waals surface area contributed by atoms with Crippen molar-refractivity contribution in [2.24, 2.45) is 0 Å². The third-order valence-electron chi connectivity index (χ3n) is 3.35. The van der Waals surface area contributed by atoms with E-state index in [-0.39, 0.29) is 6.23 Å². The second-order valence-corrected chi connectivity index (χ2v) is 4.60. The Labute approximate surface area is 97.9 Å². The minimum absolute atomic E-state index is 0.250. The summed E-state index contributed by atoms with van der Waals surface area (Å²) < 4.78 is 0. The average molecular weight is 219 g/mol. The van der Waals surface area contributed by atoms with Crippen LogP contribution in [0.1, 0.15) is 31.2 Å². The molecule has 1 N–H and O–H groups in total. The quantitative estimate of drug-likeness (QED) is 0.840. The van der Waals surface area contributed by atoms with Crippen molar-refractivity contribution in [1.29, 1.82) is 0 Å². The lowest BCUT2D eigenvalue weighted by atomic mass is 10.1. The van der Waals surface area contributed by atoms with Crippen molar-refractivity contribution in [3.63, 3.8) is 0 Å². The lowest BCUT2D eigenvalue weighted by Crippen LogP contribution is -2.39. The molecular weight excluding hydrogens is 198 g/mol. The maximum Gasteiger partial charge on any atom is 0.107 e. The number of piperidine rings is 1. The summed E-state index contributed by atoms with van der Waals surface area (Å²) in [5.41, 5.74) is 1.32. The number of aliphatic hydroxyl groups is 1. The predicted octanol–water partition coefficient (Wildman–Crippen LogP) is 2.42. The summed E-state index contributed by atoms with van der Waals surface area (Å²) >= 11 is 0. The summed E-state index contributed by atoms with van der Waals surface area (Å²) in [5, 5.41) is 10.1. The molecule has 1 aliphatic rings. The Bertz CT molecular complexity index is 293. The van der Waals surface area contributed by atoms with Crippen LogP contribution in [0.2, 0.25) is 0 Å². The fourth-order valence-electron chi connectivity index (χ4n) is 2.34. The first-order chi connectivity index (χ1) is 7.86. The highest BCUT2D eigenvalue weighted by molar-refractivity contribution is 5.14. The predicted molar refractivity (Wildman–Crippen MR) is 66.2 cm³/mol. The van der Waals surface area contributed by atoms with Gasteiger partial charge in [0.25, 0.3) is 0 Å². The van der Waals surface area contributed by atoms with Crippen LogP contribution >= 0.6 is 0 Å². The van der Waals surface area contributed by atoms with Crippen molar-refractivity contribution < 1.29 is 5.11 Å². The number of benzene rings is 1. The number of rotatable bonds is 4. The van der Waals surface area contributed by atoms with Gasteiger partial charge in [-0.05, 0) is 31.2 Å². The molecule has 88 valence electrons. The van der Waals surface area contributed by atoms with Gasteiger partial charge in [0.15, 0.2) is 0 Å². The second-order valence-electron chi connectivity index (χ2n) is 4.60. The molecule has 2 rings (SSSR count). The van der Waals surface area contributed by atoms with E-state index < -0.39 is 0 Å². The first-order valence-electron chi connectivity index (χ1n) is 6.32. The van der Waals surface area contributed by atoms with Crippen LogP contribution < -0.4 is 0 Å². The molecule has 1 atom stereocenters. The van der Waals surface area contributed by atoms with Crippen molar-refractivity contribution in [1.82, 2.24) is 4.90 Å². The molecule has 0 radical (unpaired) electrons. The van der Waals surface area contributed by atoms with Gasteiger partial charge in [0, 0.05) is 13.1 Å². The molecule has 16 heavy (non-hydrogen) atoms. The van der Waals surface area contributed by atoms with Gasteiger partial charge in [-0.1, -0.05) is 36.8 Å². The van der Waals surface area contributed by atoms with Crippen LogP contribution in [0.15, 0.2) is 30.3 Å². The van der Waals surface area contributed by atoms with Gasteiger partial charge in [-0.3, -0.25) is 4.90 Å². The number of hydrogen-bond donors (Lipinski definition) is 1. The van der Waals surface area contributed by atoms with Gasteiger partial charge in [0.05, 0.1) is 0 Å². The van der Waals surface area contributed by atoms with E-state index >= 15 is 0 Å². The van der Waals surface area contributed by atoms with Crippen LogP contribution in [0, 0.1) is 0 Å². The topological polar surface area (TPSA) is 23.5 Å². The summed E-state index contributed by atoms with van der Waals surface area (Å²) in [7, 11) is 0. The van der Waals surface area contributed by atoms with Crippen molar-refractivity contribution >= 4 is 0 Å². The third kappa shape index (κ3) is 3.32. The van der Waals surface area contributed by atoms with E-state index in [1.165, 1.54) is 24.8 Å². The summed E-state index contributed by atoms with van der Waals surface area (Å²) in [6.07, 6.45) is 5.37. The highest BCUT2D eigenvalue weighted by Gasteiger charge is 2.17. The Balaban J connectivity index is 1.76. The third-order valence-corrected chi connectivity index (χ3v) is 3.35. The molecule has 1 aliphatic heterocycles. The molecule has 0 saturated carbocycles. The highest BCUT2D eigenvalue weighted by atomic mass is 16.3. The van der Waals surface area contributed by atoms with Crippen molar-refractivity contribution in [3.05, 3.63) is 35.9 Å². The van der Waals surface area contributed by atoms with Crippen LogP contribution in [0.4, 0.5) is 0 Å². The Morgan fingerprint density at radius 2 is 1.75 bits per heavy atom. The molecule has 2 nitrogen and oxygen atoms in total. The molecular formula is C14H21NO. The molecule has 0 amide bonds. The Morgan fingerprint density at radius 3 is 2.44 bits per heavy atom. The molecule has 1 aromatic rings. The van der Waals surface area contributed by atoms with E-state index in [0.717, 1.165) is 25.9 Å². The second kappa shape index (κ2) is 6.02. The first-order valence-corrected chi connectivity index (χ1v) is 6.32. The fraction of sp³-hybridized carbons (Fsp3) is 0.571. The number of likely N-dealkylation sites (tertiary alicyclic amines) is 1. The zero-order valence-corrected chi connectivity index (χ0v) is 9.81. The molecule has 0 bridgehead atoms. The molecule has 0 aromatic heterocycles. The Morgan fingerprint density at radius 1 is 1.06 bits per heavy atom. The number of nitrogens with zero attached hydrogens (tertiary/aromatic N) is 1. The minimum atomic E-state index is -0.250. The lowest BCUT2D eigenvalue weighted by Gasteiger charge is -2.31. The van der Waals surface area contributed by atoms with Crippen molar-refractivity contribution in [3.8, 4) is 0 Å². The van der Waals surface area contributed by atoms with E-state index in [1.54, 1.807) is 0 Å². The van der Waals surface area contributed by atoms with Gasteiger partial charge in [0.2, 0.25) is 0 Å². The average Bonchev–Trinajstić information content (AvgIpc) is 2.38. The first kappa shape index (κ1) is 11.6. The largest absolute Gasteiger partial charge is 0.378 e. The molecule has 2 heteroatoms. The maximum absolute atomic E-state index is 10.1. The summed E-state index contributed by atoms with van der Waals surface area (Å²) in [6, 6.07) is 10.4. The summed E-state index contributed by atoms with van der Waals surface area (Å²) in [6.45, 7) is 2.13. The molecule has 0 aliphatic carbocycles. The van der Waals surface area contributed by atoms with E-state index in [9.17, 15) is 5.11 Å². The zero-order valence-electron chi connectivity index (χ0n) is 9.81. The standard InChI is InChI=1S/C14H21NO/c16-14(15-11-5-2-6-12-15)10-9-13-7-3-1-4-8-13/h1,3-4,7-8,14,16H,2,5-6,9-12H2. The van der Waals surface area contributed by atoms with Gasteiger partial charge in [-0.15, -0.1) is 0 Å². The monoisotopic (exact) mass is 219 g/mol. The maximum atomic E-state index is 10.1. The smallest absolute Gasteiger partial charge is 0.107 e. The molecule has 0 spiro atoms. The molecule has 1 aromatic carbocycles. The number of aryl methyl sites for hydroxylation is 1. The Hall–Kier alpha value is -0.860. The minimum Gasteiger partial charge on any atom is -0.378 e. The summed E-state index contributed by atoms with van der Waals surface area (Å²) in [4.78, 5) is 2.21. The number of aliphatic hydroxyl groups excluding tert-OH is 1. The Kier molecular flexibility index (Phi) is 4.37. The van der Waals surface area contributed by atoms with Gasteiger partial charge in [0.1, 0.15) is 6.23 Å². The van der Waals surface area contributed by atoms with Crippen molar-refractivity contribution in [2.75, 3.05) is 13.1 Å². The SMILES string of the molecule is OC(CCc1ccccc1)N1CCCCC1. The number of hydrogen-bond acceptors (Lipinski definition) is 2. The van der Waals surface area contributed by atoms with E-state index in [4.69, 9.17) is 0 Å². The van der Waals surface area contributed by atoms with Crippen LogP contribution in [-0.2, 0) is 6.42 Å². The van der Waals surface area contributed by atoms with Crippen molar-refractivity contribution in [2.45, 2.75) is 38.3 Å². The summed E-state index contributed by atoms with van der Waals surface area (Å²) in [5.74, 6) is 0. The van der Waals surface area contributed by atoms with Gasteiger partial charge < -0.3 is 5.11 Å². The normalized spacial score (nSPS) is 19.6. The fourth-order valence-corrected chi connectivity index (χ4v) is 2.34. The van der Waals surface area contributed by atoms with Gasteiger partial charge in [-0.2, -0.15) is 0 Å². The lowest BCUT2D eigenvalue weighted by molar-refractivity contribution is -0.0130.